The summed E-state index contributed by atoms with van der Waals surface area (Å²) in [6.07, 6.45) is 3.15. The number of hydrogen-bond donors (Lipinski definition) is 1. The second-order valence-electron chi connectivity index (χ2n) is 7.70. The van der Waals surface area contributed by atoms with Gasteiger partial charge in [0.25, 0.3) is 5.91 Å². The molecule has 2 aromatic carbocycles. The van der Waals surface area contributed by atoms with E-state index in [1.54, 1.807) is 24.3 Å². The van der Waals surface area contributed by atoms with E-state index in [0.29, 0.717) is 24.0 Å². The minimum atomic E-state index is -0.133. The molecular weight excluding hydrogens is 404 g/mol. The van der Waals surface area contributed by atoms with E-state index in [0.717, 1.165) is 43.1 Å². The van der Waals surface area contributed by atoms with Crippen LogP contribution in [0.5, 0.6) is 17.2 Å². The molecule has 0 aromatic heterocycles. The standard InChI is InChI=1S/C23H27ClN2O4/c24-18-4-6-20(7-5-18)30-16-23(27)25-19(15-26-9-1-2-10-26)13-17-3-8-21-22(14-17)29-12-11-28-21/h3-8,14,19H,1-2,9-13,15-16H2,(H,25,27). The molecule has 1 amide bonds. The van der Waals surface area contributed by atoms with E-state index in [9.17, 15) is 4.79 Å². The molecule has 30 heavy (non-hydrogen) atoms. The summed E-state index contributed by atoms with van der Waals surface area (Å²) in [6, 6.07) is 13.0. The molecule has 1 saturated heterocycles. The number of ether oxygens (including phenoxy) is 3. The topological polar surface area (TPSA) is 60.0 Å². The fourth-order valence-electron chi connectivity index (χ4n) is 3.89. The Morgan fingerprint density at radius 2 is 1.80 bits per heavy atom. The molecule has 1 N–H and O–H groups in total. The summed E-state index contributed by atoms with van der Waals surface area (Å²) >= 11 is 5.89. The fourth-order valence-corrected chi connectivity index (χ4v) is 4.01. The monoisotopic (exact) mass is 430 g/mol. The predicted molar refractivity (Wildman–Crippen MR) is 116 cm³/mol. The first-order valence-corrected chi connectivity index (χ1v) is 10.8. The smallest absolute Gasteiger partial charge is 0.258 e. The summed E-state index contributed by atoms with van der Waals surface area (Å²) in [6.45, 7) is 4.09. The van der Waals surface area contributed by atoms with Gasteiger partial charge in [-0.3, -0.25) is 4.79 Å². The van der Waals surface area contributed by atoms with Gasteiger partial charge < -0.3 is 24.4 Å². The van der Waals surface area contributed by atoms with Gasteiger partial charge in [0.15, 0.2) is 18.1 Å². The van der Waals surface area contributed by atoms with Crippen LogP contribution in [0.15, 0.2) is 42.5 Å². The minimum absolute atomic E-state index is 0.00743. The van der Waals surface area contributed by atoms with E-state index >= 15 is 0 Å². The zero-order valence-electron chi connectivity index (χ0n) is 16.9. The SMILES string of the molecule is O=C(COc1ccc(Cl)cc1)NC(Cc1ccc2c(c1)OCCO2)CN1CCCC1. The van der Waals surface area contributed by atoms with E-state index in [1.165, 1.54) is 12.8 Å². The maximum absolute atomic E-state index is 12.6. The minimum Gasteiger partial charge on any atom is -0.486 e. The molecule has 0 radical (unpaired) electrons. The summed E-state index contributed by atoms with van der Waals surface area (Å²) in [5.74, 6) is 2.04. The molecule has 6 nitrogen and oxygen atoms in total. The van der Waals surface area contributed by atoms with E-state index in [-0.39, 0.29) is 18.6 Å². The maximum Gasteiger partial charge on any atom is 0.258 e. The number of halogens is 1. The third-order valence-corrected chi connectivity index (χ3v) is 5.57. The number of benzene rings is 2. The molecule has 1 fully saturated rings. The van der Waals surface area contributed by atoms with Crippen LogP contribution in [0.2, 0.25) is 5.02 Å². The molecule has 0 aliphatic carbocycles. The van der Waals surface area contributed by atoms with Crippen LogP contribution in [0.4, 0.5) is 0 Å². The van der Waals surface area contributed by atoms with Crippen LogP contribution in [-0.4, -0.2) is 56.3 Å². The molecule has 0 saturated carbocycles. The van der Waals surface area contributed by atoms with Crippen molar-refractivity contribution in [1.82, 2.24) is 10.2 Å². The number of carbonyl (C=O) groups excluding carboxylic acids is 1. The predicted octanol–water partition coefficient (Wildman–Crippen LogP) is 3.31. The second kappa shape index (κ2) is 10.0. The second-order valence-corrected chi connectivity index (χ2v) is 8.13. The number of rotatable bonds is 8. The van der Waals surface area contributed by atoms with Crippen LogP contribution < -0.4 is 19.5 Å². The van der Waals surface area contributed by atoms with Crippen molar-refractivity contribution in [3.63, 3.8) is 0 Å². The van der Waals surface area contributed by atoms with Gasteiger partial charge in [0.2, 0.25) is 0 Å². The Balaban J connectivity index is 1.37. The lowest BCUT2D eigenvalue weighted by molar-refractivity contribution is -0.123. The maximum atomic E-state index is 12.6. The fraction of sp³-hybridized carbons (Fsp3) is 0.435. The van der Waals surface area contributed by atoms with Gasteiger partial charge in [-0.1, -0.05) is 17.7 Å². The number of nitrogens with zero attached hydrogens (tertiary/aromatic N) is 1. The Morgan fingerprint density at radius 1 is 1.07 bits per heavy atom. The highest BCUT2D eigenvalue weighted by molar-refractivity contribution is 6.30. The normalized spacial score (nSPS) is 16.8. The average molecular weight is 431 g/mol. The highest BCUT2D eigenvalue weighted by Crippen LogP contribution is 2.31. The molecule has 1 unspecified atom stereocenters. The van der Waals surface area contributed by atoms with Gasteiger partial charge in [-0.25, -0.2) is 0 Å². The Hall–Kier alpha value is -2.44. The summed E-state index contributed by atoms with van der Waals surface area (Å²) in [7, 11) is 0. The van der Waals surface area contributed by atoms with Crippen molar-refractivity contribution in [3.05, 3.63) is 53.1 Å². The largest absolute Gasteiger partial charge is 0.486 e. The van der Waals surface area contributed by atoms with Crippen LogP contribution in [0.3, 0.4) is 0 Å². The van der Waals surface area contributed by atoms with Gasteiger partial charge in [-0.05, 0) is 74.3 Å². The molecule has 2 aliphatic heterocycles. The summed E-state index contributed by atoms with van der Waals surface area (Å²) in [4.78, 5) is 15.0. The Labute approximate surface area is 182 Å². The number of likely N-dealkylation sites (tertiary alicyclic amines) is 1. The Bertz CT molecular complexity index is 853. The molecule has 1 atom stereocenters. The van der Waals surface area contributed by atoms with E-state index in [1.807, 2.05) is 18.2 Å². The molecule has 2 heterocycles. The van der Waals surface area contributed by atoms with Gasteiger partial charge in [0.05, 0.1) is 0 Å². The third-order valence-electron chi connectivity index (χ3n) is 5.31. The average Bonchev–Trinajstić information content (AvgIpc) is 3.26. The van der Waals surface area contributed by atoms with Gasteiger partial charge in [0.1, 0.15) is 19.0 Å². The highest BCUT2D eigenvalue weighted by Gasteiger charge is 2.21. The third kappa shape index (κ3) is 5.80. The lowest BCUT2D eigenvalue weighted by Crippen LogP contribution is -2.46. The Kier molecular flexibility index (Phi) is 6.97. The molecule has 7 heteroatoms. The van der Waals surface area contributed by atoms with Crippen LogP contribution >= 0.6 is 11.6 Å². The van der Waals surface area contributed by atoms with E-state index < -0.39 is 0 Å². The lowest BCUT2D eigenvalue weighted by Gasteiger charge is -2.25. The molecule has 0 spiro atoms. The van der Waals surface area contributed by atoms with Crippen LogP contribution in [-0.2, 0) is 11.2 Å². The molecule has 4 rings (SSSR count). The first-order valence-electron chi connectivity index (χ1n) is 10.4. The van der Waals surface area contributed by atoms with Crippen molar-refractivity contribution < 1.29 is 19.0 Å². The first-order chi connectivity index (χ1) is 14.7. The molecule has 2 aromatic rings. The van der Waals surface area contributed by atoms with Crippen molar-refractivity contribution in [2.45, 2.75) is 25.3 Å². The number of amides is 1. The van der Waals surface area contributed by atoms with E-state index in [2.05, 4.69) is 10.2 Å². The van der Waals surface area contributed by atoms with Crippen molar-refractivity contribution in [2.24, 2.45) is 0 Å². The molecule has 160 valence electrons. The summed E-state index contributed by atoms with van der Waals surface area (Å²) in [5, 5.41) is 3.79. The lowest BCUT2D eigenvalue weighted by atomic mass is 10.0. The summed E-state index contributed by atoms with van der Waals surface area (Å²) in [5.41, 5.74) is 1.11. The quantitative estimate of drug-likeness (QED) is 0.696. The number of hydrogen-bond acceptors (Lipinski definition) is 5. The zero-order valence-corrected chi connectivity index (χ0v) is 17.7. The molecular formula is C23H27ClN2O4. The van der Waals surface area contributed by atoms with Crippen LogP contribution in [0.1, 0.15) is 18.4 Å². The van der Waals surface area contributed by atoms with Crippen LogP contribution in [0.25, 0.3) is 0 Å². The van der Waals surface area contributed by atoms with Gasteiger partial charge in [-0.15, -0.1) is 0 Å². The first kappa shape index (κ1) is 20.8. The summed E-state index contributed by atoms with van der Waals surface area (Å²) < 4.78 is 16.9. The van der Waals surface area contributed by atoms with Crippen molar-refractivity contribution >= 4 is 17.5 Å². The van der Waals surface area contributed by atoms with Gasteiger partial charge >= 0.3 is 0 Å². The zero-order chi connectivity index (χ0) is 20.8. The van der Waals surface area contributed by atoms with E-state index in [4.69, 9.17) is 25.8 Å². The van der Waals surface area contributed by atoms with Crippen molar-refractivity contribution in [1.29, 1.82) is 0 Å². The molecule has 0 bridgehead atoms. The molecule has 2 aliphatic rings. The van der Waals surface area contributed by atoms with Gasteiger partial charge in [0, 0.05) is 17.6 Å². The number of carbonyl (C=O) groups is 1. The van der Waals surface area contributed by atoms with Crippen LogP contribution in [0, 0.1) is 0 Å². The highest BCUT2D eigenvalue weighted by atomic mass is 35.5. The van der Waals surface area contributed by atoms with Crippen molar-refractivity contribution in [2.75, 3.05) is 39.5 Å². The number of fused-ring (bicyclic) bond motifs is 1. The van der Waals surface area contributed by atoms with Crippen molar-refractivity contribution in [3.8, 4) is 17.2 Å². The van der Waals surface area contributed by atoms with Gasteiger partial charge in [-0.2, -0.15) is 0 Å². The number of nitrogens with one attached hydrogen (secondary N) is 1. The Morgan fingerprint density at radius 3 is 2.57 bits per heavy atom.